The number of rotatable bonds is 7. The summed E-state index contributed by atoms with van der Waals surface area (Å²) in [7, 11) is 1.56. The van der Waals surface area contributed by atoms with Gasteiger partial charge in [0.25, 0.3) is 5.56 Å². The van der Waals surface area contributed by atoms with E-state index < -0.39 is 12.0 Å². The fraction of sp³-hybridized carbons (Fsp3) is 0.206. The summed E-state index contributed by atoms with van der Waals surface area (Å²) < 4.78 is 19.6. The van der Waals surface area contributed by atoms with Crippen molar-refractivity contribution in [3.63, 3.8) is 0 Å². The van der Waals surface area contributed by atoms with Gasteiger partial charge in [-0.2, -0.15) is 0 Å². The molecule has 218 valence electrons. The van der Waals surface area contributed by atoms with Gasteiger partial charge in [-0.15, -0.1) is 0 Å². The van der Waals surface area contributed by atoms with Crippen LogP contribution in [0.3, 0.4) is 0 Å². The molecule has 0 aliphatic carbocycles. The molecule has 5 aromatic rings. The van der Waals surface area contributed by atoms with E-state index in [1.807, 2.05) is 37.3 Å². The van der Waals surface area contributed by atoms with E-state index in [2.05, 4.69) is 46.3 Å². The summed E-state index contributed by atoms with van der Waals surface area (Å²) in [4.78, 5) is 33.0. The minimum atomic E-state index is -0.805. The van der Waals surface area contributed by atoms with Gasteiger partial charge in [0.15, 0.2) is 16.3 Å². The van der Waals surface area contributed by atoms with E-state index >= 15 is 0 Å². The lowest BCUT2D eigenvalue weighted by atomic mass is 9.95. The summed E-state index contributed by atoms with van der Waals surface area (Å²) in [6.07, 6.45) is 1.95. The number of aromatic nitrogens is 1. The number of thiazole rings is 1. The van der Waals surface area contributed by atoms with Crippen molar-refractivity contribution in [1.29, 1.82) is 0 Å². The molecule has 1 aliphatic rings. The Morgan fingerprint density at radius 3 is 2.30 bits per heavy atom. The molecule has 0 unspecified atom stereocenters. The molecule has 0 radical (unpaired) electrons. The fourth-order valence-corrected chi connectivity index (χ4v) is 7.18. The molecule has 43 heavy (non-hydrogen) atoms. The van der Waals surface area contributed by atoms with Crippen molar-refractivity contribution >= 4 is 60.9 Å². The maximum atomic E-state index is 14.4. The van der Waals surface area contributed by atoms with Crippen molar-refractivity contribution < 1.29 is 19.0 Å². The van der Waals surface area contributed by atoms with Crippen molar-refractivity contribution in [3.8, 4) is 11.5 Å². The number of esters is 1. The number of benzene rings is 4. The van der Waals surface area contributed by atoms with Gasteiger partial charge in [-0.25, -0.2) is 9.79 Å². The van der Waals surface area contributed by atoms with Crippen LogP contribution in [0.2, 0.25) is 0 Å². The Balaban J connectivity index is 1.65. The van der Waals surface area contributed by atoms with Crippen LogP contribution in [0.25, 0.3) is 27.6 Å². The molecule has 0 N–H and O–H groups in total. The number of hydrogen-bond donors (Lipinski definition) is 0. The van der Waals surface area contributed by atoms with Crippen molar-refractivity contribution in [2.45, 2.75) is 26.8 Å². The van der Waals surface area contributed by atoms with E-state index in [0.717, 1.165) is 27.1 Å². The Bertz CT molecular complexity index is 2080. The molecular weight excluding hydrogens is 628 g/mol. The lowest BCUT2D eigenvalue weighted by molar-refractivity contribution is -0.139. The first-order valence-electron chi connectivity index (χ1n) is 14.0. The minimum absolute atomic E-state index is 0.189. The van der Waals surface area contributed by atoms with Gasteiger partial charge < -0.3 is 14.2 Å². The van der Waals surface area contributed by atoms with Gasteiger partial charge in [-0.1, -0.05) is 75.8 Å². The molecule has 0 amide bonds. The molecule has 1 aliphatic heterocycles. The molecule has 0 spiro atoms. The van der Waals surface area contributed by atoms with E-state index in [4.69, 9.17) is 19.2 Å². The second-order valence-corrected chi connectivity index (χ2v) is 11.9. The van der Waals surface area contributed by atoms with Crippen LogP contribution in [-0.2, 0) is 9.53 Å². The Labute approximate surface area is 260 Å². The third-order valence-electron chi connectivity index (χ3n) is 7.48. The highest BCUT2D eigenvalue weighted by atomic mass is 79.9. The Morgan fingerprint density at radius 2 is 1.67 bits per heavy atom. The average Bonchev–Trinajstić information content (AvgIpc) is 3.30. The van der Waals surface area contributed by atoms with Gasteiger partial charge in [0, 0.05) is 4.47 Å². The van der Waals surface area contributed by atoms with E-state index in [0.29, 0.717) is 48.7 Å². The third kappa shape index (κ3) is 5.06. The molecule has 7 nitrogen and oxygen atoms in total. The quantitative estimate of drug-likeness (QED) is 0.152. The fourth-order valence-electron chi connectivity index (χ4n) is 5.61. The minimum Gasteiger partial charge on any atom is -0.493 e. The molecule has 6 rings (SSSR count). The summed E-state index contributed by atoms with van der Waals surface area (Å²) in [6.45, 7) is 6.06. The van der Waals surface area contributed by atoms with Crippen LogP contribution in [-0.4, -0.2) is 30.9 Å². The first-order valence-corrected chi connectivity index (χ1v) is 15.6. The molecule has 0 bridgehead atoms. The van der Waals surface area contributed by atoms with Crippen LogP contribution in [0, 0.1) is 0 Å². The second-order valence-electron chi connectivity index (χ2n) is 9.99. The predicted octanol–water partition coefficient (Wildman–Crippen LogP) is 6.27. The van der Waals surface area contributed by atoms with Crippen LogP contribution in [0.5, 0.6) is 11.5 Å². The molecule has 4 aromatic carbocycles. The number of carbonyl (C=O) groups excluding carboxylic acids is 1. The van der Waals surface area contributed by atoms with Crippen molar-refractivity contribution in [1.82, 2.24) is 4.57 Å². The first-order chi connectivity index (χ1) is 20.9. The summed E-state index contributed by atoms with van der Waals surface area (Å²) >= 11 is 4.98. The standard InChI is InChI=1S/C34H29BrN2O5S/c1-5-41-28-18-26(35)25(16-27(28)40-4)31-30(33(39)42-6-2)19(3)36-34-37(31)32(38)29(43-34)17-24-22-13-9-7-11-20(22)15-21-12-8-10-14-23(21)24/h7-18,31H,5-6H2,1-4H3/b29-17+/t31-/m0/s1. The summed E-state index contributed by atoms with van der Waals surface area (Å²) in [5, 5.41) is 4.27. The summed E-state index contributed by atoms with van der Waals surface area (Å²) in [5.41, 5.74) is 2.15. The molecule has 0 fully saturated rings. The molecule has 2 heterocycles. The molecule has 0 saturated heterocycles. The summed E-state index contributed by atoms with van der Waals surface area (Å²) in [6, 6.07) is 21.3. The zero-order valence-electron chi connectivity index (χ0n) is 24.1. The monoisotopic (exact) mass is 656 g/mol. The second kappa shape index (κ2) is 11.8. The van der Waals surface area contributed by atoms with Crippen LogP contribution < -0.4 is 24.4 Å². The highest BCUT2D eigenvalue weighted by molar-refractivity contribution is 9.10. The van der Waals surface area contributed by atoms with Gasteiger partial charge in [0.2, 0.25) is 0 Å². The molecular formula is C34H29BrN2O5S. The number of allylic oxidation sites excluding steroid dienone is 1. The average molecular weight is 658 g/mol. The van der Waals surface area contributed by atoms with Crippen LogP contribution in [0.15, 0.2) is 92.3 Å². The normalized spacial score (nSPS) is 15.0. The molecule has 1 atom stereocenters. The van der Waals surface area contributed by atoms with Gasteiger partial charge in [-0.05, 0) is 77.7 Å². The molecule has 0 saturated carbocycles. The Hall–Kier alpha value is -4.21. The number of methoxy groups -OCH3 is 1. The highest BCUT2D eigenvalue weighted by Gasteiger charge is 2.35. The number of nitrogens with zero attached hydrogens (tertiary/aromatic N) is 2. The smallest absolute Gasteiger partial charge is 0.338 e. The van der Waals surface area contributed by atoms with Crippen LogP contribution in [0.1, 0.15) is 37.9 Å². The zero-order chi connectivity index (χ0) is 30.2. The van der Waals surface area contributed by atoms with E-state index in [9.17, 15) is 9.59 Å². The first kappa shape index (κ1) is 28.9. The maximum absolute atomic E-state index is 14.4. The van der Waals surface area contributed by atoms with Crippen molar-refractivity contribution in [2.24, 2.45) is 4.99 Å². The lowest BCUT2D eigenvalue weighted by Crippen LogP contribution is -2.40. The number of halogens is 1. The topological polar surface area (TPSA) is 79.1 Å². The number of fused-ring (bicyclic) bond motifs is 3. The van der Waals surface area contributed by atoms with Gasteiger partial charge in [0.05, 0.1) is 42.2 Å². The third-order valence-corrected chi connectivity index (χ3v) is 9.15. The predicted molar refractivity (Wildman–Crippen MR) is 174 cm³/mol. The number of carbonyl (C=O) groups is 1. The molecule has 9 heteroatoms. The number of hydrogen-bond acceptors (Lipinski definition) is 7. The largest absolute Gasteiger partial charge is 0.493 e. The van der Waals surface area contributed by atoms with Crippen molar-refractivity contribution in [2.75, 3.05) is 20.3 Å². The summed E-state index contributed by atoms with van der Waals surface area (Å²) in [5.74, 6) is 0.513. The van der Waals surface area contributed by atoms with Crippen molar-refractivity contribution in [3.05, 3.63) is 113 Å². The van der Waals surface area contributed by atoms with Gasteiger partial charge in [0.1, 0.15) is 0 Å². The lowest BCUT2D eigenvalue weighted by Gasteiger charge is -2.26. The zero-order valence-corrected chi connectivity index (χ0v) is 26.5. The molecule has 1 aromatic heterocycles. The van der Waals surface area contributed by atoms with E-state index in [1.165, 1.54) is 11.3 Å². The van der Waals surface area contributed by atoms with E-state index in [-0.39, 0.29) is 12.2 Å². The van der Waals surface area contributed by atoms with Crippen LogP contribution in [0.4, 0.5) is 0 Å². The van der Waals surface area contributed by atoms with Gasteiger partial charge >= 0.3 is 5.97 Å². The Morgan fingerprint density at radius 1 is 1.00 bits per heavy atom. The maximum Gasteiger partial charge on any atom is 0.338 e. The van der Waals surface area contributed by atoms with Crippen LogP contribution >= 0.6 is 27.3 Å². The SMILES string of the molecule is CCOC(=O)C1=C(C)N=c2s/c(=C/c3c4ccccc4cc4ccccc34)c(=O)n2[C@H]1c1cc(OC)c(OCC)cc1Br. The van der Waals surface area contributed by atoms with E-state index in [1.54, 1.807) is 37.7 Å². The number of ether oxygens (including phenoxy) is 3. The Kier molecular flexibility index (Phi) is 7.94. The van der Waals surface area contributed by atoms with Gasteiger partial charge in [-0.3, -0.25) is 9.36 Å². The highest BCUT2D eigenvalue weighted by Crippen LogP contribution is 2.41.